The van der Waals surface area contributed by atoms with Crippen molar-refractivity contribution < 1.29 is 19.4 Å². The van der Waals surface area contributed by atoms with E-state index in [1.807, 2.05) is 0 Å². The zero-order valence-corrected chi connectivity index (χ0v) is 7.46. The van der Waals surface area contributed by atoms with E-state index in [1.54, 1.807) is 0 Å². The predicted octanol–water partition coefficient (Wildman–Crippen LogP) is -0.548. The van der Waals surface area contributed by atoms with Crippen molar-refractivity contribution in [2.75, 3.05) is 14.1 Å². The molecule has 0 saturated carbocycles. The van der Waals surface area contributed by atoms with Crippen LogP contribution >= 0.6 is 8.03 Å². The van der Waals surface area contributed by atoms with Gasteiger partial charge in [-0.1, -0.05) is 4.57 Å². The van der Waals surface area contributed by atoms with Crippen molar-refractivity contribution in [3.63, 3.8) is 0 Å². The fourth-order valence-electron chi connectivity index (χ4n) is 0.433. The van der Waals surface area contributed by atoms with Gasteiger partial charge in [-0.15, -0.1) is 0 Å². The van der Waals surface area contributed by atoms with E-state index >= 15 is 0 Å². The van der Waals surface area contributed by atoms with Crippen LogP contribution in [0.4, 0.5) is 0 Å². The number of nitrogens with zero attached hydrogens (tertiary/aromatic N) is 1. The van der Waals surface area contributed by atoms with Crippen LogP contribution in [0.5, 0.6) is 0 Å². The summed E-state index contributed by atoms with van der Waals surface area (Å²) in [4.78, 5) is 22.1. The second kappa shape index (κ2) is 3.26. The number of carboxylic acids is 1. The maximum absolute atomic E-state index is 10.5. The van der Waals surface area contributed by atoms with Gasteiger partial charge < -0.3 is 10.00 Å². The Hall–Kier alpha value is -0.510. The SMILES string of the molecule is CN(C)C(C)(C(=O)O)[P+](=O)[O-]. The zero-order valence-electron chi connectivity index (χ0n) is 6.57. The molecule has 0 amide bonds. The first-order valence-electron chi connectivity index (χ1n) is 2.88. The summed E-state index contributed by atoms with van der Waals surface area (Å²) in [6.07, 6.45) is 0. The van der Waals surface area contributed by atoms with Crippen molar-refractivity contribution in [2.45, 2.75) is 12.2 Å². The first-order valence-corrected chi connectivity index (χ1v) is 4.06. The monoisotopic (exact) mass is 179 g/mol. The van der Waals surface area contributed by atoms with Gasteiger partial charge in [0, 0.05) is 6.92 Å². The highest BCUT2D eigenvalue weighted by Crippen LogP contribution is 2.33. The van der Waals surface area contributed by atoms with Gasteiger partial charge in [-0.05, 0) is 14.1 Å². The van der Waals surface area contributed by atoms with Crippen molar-refractivity contribution in [2.24, 2.45) is 0 Å². The third-order valence-corrected chi connectivity index (χ3v) is 2.93. The van der Waals surface area contributed by atoms with Crippen LogP contribution in [0.15, 0.2) is 0 Å². The van der Waals surface area contributed by atoms with E-state index in [1.165, 1.54) is 14.1 Å². The van der Waals surface area contributed by atoms with Crippen molar-refractivity contribution in [3.8, 4) is 0 Å². The topological polar surface area (TPSA) is 80.7 Å². The molecule has 64 valence electrons. The smallest absolute Gasteiger partial charge is 0.374 e. The Morgan fingerprint density at radius 3 is 2.00 bits per heavy atom. The Bertz CT molecular complexity index is 177. The van der Waals surface area contributed by atoms with Crippen molar-refractivity contribution >= 4 is 14.0 Å². The molecule has 0 aromatic carbocycles. The summed E-state index contributed by atoms with van der Waals surface area (Å²) in [6, 6.07) is 0. The molecule has 0 fully saturated rings. The second-order valence-electron chi connectivity index (χ2n) is 2.48. The highest BCUT2D eigenvalue weighted by Gasteiger charge is 2.49. The molecule has 0 aromatic heterocycles. The summed E-state index contributed by atoms with van der Waals surface area (Å²) in [7, 11) is -0.194. The zero-order chi connectivity index (χ0) is 9.23. The molecular formula is C5H10NO4P. The van der Waals surface area contributed by atoms with Gasteiger partial charge in [0.25, 0.3) is 0 Å². The summed E-state index contributed by atoms with van der Waals surface area (Å²) >= 11 is 0. The lowest BCUT2D eigenvalue weighted by Crippen LogP contribution is -2.47. The molecule has 0 aliphatic rings. The number of hydrogen-bond acceptors (Lipinski definition) is 4. The first-order chi connectivity index (χ1) is 4.83. The molecular weight excluding hydrogens is 169 g/mol. The van der Waals surface area contributed by atoms with Gasteiger partial charge in [0.1, 0.15) is 0 Å². The van der Waals surface area contributed by atoms with Crippen LogP contribution in [0.3, 0.4) is 0 Å². The van der Waals surface area contributed by atoms with Crippen molar-refractivity contribution in [1.82, 2.24) is 4.90 Å². The van der Waals surface area contributed by atoms with Crippen molar-refractivity contribution in [1.29, 1.82) is 0 Å². The van der Waals surface area contributed by atoms with Crippen LogP contribution in [0.1, 0.15) is 6.92 Å². The quantitative estimate of drug-likeness (QED) is 0.588. The lowest BCUT2D eigenvalue weighted by atomic mass is 10.3. The molecule has 0 saturated heterocycles. The summed E-state index contributed by atoms with van der Waals surface area (Å²) in [5.41, 5.74) is 0. The minimum Gasteiger partial charge on any atom is -0.594 e. The number of hydrogen-bond donors (Lipinski definition) is 1. The maximum Gasteiger partial charge on any atom is 0.374 e. The van der Waals surface area contributed by atoms with Gasteiger partial charge in [-0.25, -0.2) is 4.79 Å². The molecule has 6 heteroatoms. The predicted molar refractivity (Wildman–Crippen MR) is 37.3 cm³/mol. The average Bonchev–Trinajstić information content (AvgIpc) is 1.84. The van der Waals surface area contributed by atoms with E-state index in [0.717, 1.165) is 11.8 Å². The average molecular weight is 179 g/mol. The van der Waals surface area contributed by atoms with Gasteiger partial charge in [0.15, 0.2) is 0 Å². The molecule has 0 spiro atoms. The third-order valence-electron chi connectivity index (χ3n) is 1.63. The molecule has 0 aliphatic carbocycles. The molecule has 1 N–H and O–H groups in total. The Kier molecular flexibility index (Phi) is 3.11. The largest absolute Gasteiger partial charge is 0.594 e. The highest BCUT2D eigenvalue weighted by atomic mass is 31.1. The fraction of sp³-hybridized carbons (Fsp3) is 0.800. The van der Waals surface area contributed by atoms with Crippen LogP contribution in [-0.4, -0.2) is 35.4 Å². The fourth-order valence-corrected chi connectivity index (χ4v) is 0.915. The molecule has 0 heterocycles. The van der Waals surface area contributed by atoms with Gasteiger partial charge in [-0.2, -0.15) is 0 Å². The van der Waals surface area contributed by atoms with Crippen LogP contribution in [0.2, 0.25) is 0 Å². The molecule has 2 atom stereocenters. The third kappa shape index (κ3) is 1.74. The van der Waals surface area contributed by atoms with E-state index in [-0.39, 0.29) is 0 Å². The lowest BCUT2D eigenvalue weighted by Gasteiger charge is -2.22. The second-order valence-corrected chi connectivity index (χ2v) is 3.86. The van der Waals surface area contributed by atoms with Gasteiger partial charge in [-0.3, -0.25) is 4.90 Å². The number of carboxylic acid groups (broad SMARTS) is 1. The molecule has 0 radical (unpaired) electrons. The minimum atomic E-state index is -3.00. The number of aliphatic carboxylic acids is 1. The van der Waals surface area contributed by atoms with Crippen molar-refractivity contribution in [3.05, 3.63) is 0 Å². The van der Waals surface area contributed by atoms with Crippen LogP contribution in [0.25, 0.3) is 0 Å². The molecule has 0 aliphatic heterocycles. The van der Waals surface area contributed by atoms with Crippen LogP contribution in [-0.2, 0) is 9.36 Å². The molecule has 0 aromatic rings. The van der Waals surface area contributed by atoms with Crippen LogP contribution in [0, 0.1) is 0 Å². The summed E-state index contributed by atoms with van der Waals surface area (Å²) in [5.74, 6) is -1.36. The molecule has 0 rings (SSSR count). The van der Waals surface area contributed by atoms with E-state index in [4.69, 9.17) is 5.11 Å². The standard InChI is InChI=1S/C5H10NO4P/c1-5(4(7)8,6(2)3)11(9)10/h1-3H3,(H,7,8). The van der Waals surface area contributed by atoms with Crippen LogP contribution < -0.4 is 4.89 Å². The highest BCUT2D eigenvalue weighted by molar-refractivity contribution is 7.39. The molecule has 2 unspecified atom stereocenters. The molecule has 11 heavy (non-hydrogen) atoms. The minimum absolute atomic E-state index is 1.14. The van der Waals surface area contributed by atoms with E-state index in [0.29, 0.717) is 0 Å². The molecule has 5 nitrogen and oxygen atoms in total. The lowest BCUT2D eigenvalue weighted by molar-refractivity contribution is -0.178. The number of rotatable bonds is 3. The number of likely N-dealkylation sites (N-methyl/N-ethyl adjacent to an activating group) is 1. The van der Waals surface area contributed by atoms with E-state index in [2.05, 4.69) is 0 Å². The van der Waals surface area contributed by atoms with Gasteiger partial charge in [0.05, 0.1) is 0 Å². The van der Waals surface area contributed by atoms with E-state index < -0.39 is 19.3 Å². The Labute approximate surface area is 65.5 Å². The summed E-state index contributed by atoms with van der Waals surface area (Å²) in [6.45, 7) is 1.14. The van der Waals surface area contributed by atoms with Gasteiger partial charge in [0.2, 0.25) is 0 Å². The van der Waals surface area contributed by atoms with E-state index in [9.17, 15) is 14.3 Å². The summed E-state index contributed by atoms with van der Waals surface area (Å²) < 4.78 is 10.5. The Balaban J connectivity index is 4.82. The maximum atomic E-state index is 10.5. The molecule has 0 bridgehead atoms. The Morgan fingerprint density at radius 1 is 1.64 bits per heavy atom. The Morgan fingerprint density at radius 2 is 2.00 bits per heavy atom. The number of carbonyl (C=O) groups is 1. The first kappa shape index (κ1) is 10.5. The summed E-state index contributed by atoms with van der Waals surface area (Å²) in [5, 5.41) is 6.75. The van der Waals surface area contributed by atoms with Gasteiger partial charge >= 0.3 is 19.3 Å². The normalized spacial score (nSPS) is 17.7.